The quantitative estimate of drug-likeness (QED) is 0.746. The van der Waals surface area contributed by atoms with Crippen LogP contribution in [0.2, 0.25) is 0 Å². The summed E-state index contributed by atoms with van der Waals surface area (Å²) in [5.74, 6) is -1.13. The monoisotopic (exact) mass is 235 g/mol. The molecule has 1 aliphatic carbocycles. The first-order valence-corrected chi connectivity index (χ1v) is 6.43. The lowest BCUT2D eigenvalue weighted by Gasteiger charge is -2.27. The maximum atomic E-state index is 11.6. The number of hydrogen-bond donors (Lipinski definition) is 2. The highest BCUT2D eigenvalue weighted by Crippen LogP contribution is 2.29. The average Bonchev–Trinajstić information content (AvgIpc) is 2.79. The van der Waals surface area contributed by atoms with Crippen molar-refractivity contribution >= 4 is 16.0 Å². The Balaban J connectivity index is 2.80. The fourth-order valence-electron chi connectivity index (χ4n) is 1.24. The topological polar surface area (TPSA) is 83.5 Å². The van der Waals surface area contributed by atoms with E-state index in [0.29, 0.717) is 12.8 Å². The van der Waals surface area contributed by atoms with Crippen molar-refractivity contribution in [2.75, 3.05) is 0 Å². The summed E-state index contributed by atoms with van der Waals surface area (Å²) in [6.07, 6.45) is 1.26. The Morgan fingerprint density at radius 1 is 1.40 bits per heavy atom. The first-order chi connectivity index (χ1) is 6.64. The van der Waals surface area contributed by atoms with Crippen LogP contribution in [-0.2, 0) is 14.8 Å². The lowest BCUT2D eigenvalue weighted by molar-refractivity contribution is -0.141. The number of hydrogen-bond acceptors (Lipinski definition) is 3. The Hall–Kier alpha value is -0.620. The second kappa shape index (κ2) is 3.75. The van der Waals surface area contributed by atoms with Crippen molar-refractivity contribution in [1.82, 2.24) is 4.72 Å². The largest absolute Gasteiger partial charge is 0.480 e. The van der Waals surface area contributed by atoms with Crippen LogP contribution < -0.4 is 4.72 Å². The van der Waals surface area contributed by atoms with Gasteiger partial charge in [0.05, 0.1) is 5.25 Å². The first kappa shape index (κ1) is 12.4. The summed E-state index contributed by atoms with van der Waals surface area (Å²) in [4.78, 5) is 10.9. The fraction of sp³-hybridized carbons (Fsp3) is 0.889. The molecule has 0 aromatic carbocycles. The van der Waals surface area contributed by atoms with Crippen molar-refractivity contribution in [2.24, 2.45) is 5.41 Å². The van der Waals surface area contributed by atoms with E-state index in [1.54, 1.807) is 20.8 Å². The van der Waals surface area contributed by atoms with Crippen LogP contribution in [0.25, 0.3) is 0 Å². The van der Waals surface area contributed by atoms with Gasteiger partial charge in [0.15, 0.2) is 0 Å². The number of carboxylic acids is 1. The van der Waals surface area contributed by atoms with Gasteiger partial charge in [0, 0.05) is 0 Å². The molecule has 88 valence electrons. The summed E-state index contributed by atoms with van der Waals surface area (Å²) < 4.78 is 25.4. The second-order valence-corrected chi connectivity index (χ2v) is 6.99. The Kier molecular flexibility index (Phi) is 3.11. The minimum absolute atomic E-state index is 0.387. The summed E-state index contributed by atoms with van der Waals surface area (Å²) in [6, 6.07) is -1.07. The highest BCUT2D eigenvalue weighted by molar-refractivity contribution is 7.90. The lowest BCUT2D eigenvalue weighted by Crippen LogP contribution is -2.49. The van der Waals surface area contributed by atoms with Gasteiger partial charge in [0.1, 0.15) is 6.04 Å². The van der Waals surface area contributed by atoms with Crippen molar-refractivity contribution in [3.8, 4) is 0 Å². The molecule has 6 heteroatoms. The third kappa shape index (κ3) is 3.17. The zero-order valence-electron chi connectivity index (χ0n) is 9.15. The maximum absolute atomic E-state index is 11.6. The van der Waals surface area contributed by atoms with E-state index in [1.165, 1.54) is 0 Å². The van der Waals surface area contributed by atoms with E-state index in [0.717, 1.165) is 0 Å². The standard InChI is InChI=1S/C9H17NO4S/c1-9(2,3)7(8(11)12)10-15(13,14)6-4-5-6/h6-7,10H,4-5H2,1-3H3,(H,11,12)/t7-/m0/s1. The molecule has 1 rings (SSSR count). The van der Waals surface area contributed by atoms with E-state index in [1.807, 2.05) is 0 Å². The summed E-state index contributed by atoms with van der Waals surface area (Å²) in [7, 11) is -3.45. The van der Waals surface area contributed by atoms with Gasteiger partial charge in [0.2, 0.25) is 10.0 Å². The van der Waals surface area contributed by atoms with Crippen molar-refractivity contribution in [1.29, 1.82) is 0 Å². The van der Waals surface area contributed by atoms with Crippen LogP contribution in [0.5, 0.6) is 0 Å². The molecule has 0 heterocycles. The molecule has 0 bridgehead atoms. The molecular weight excluding hydrogens is 218 g/mol. The Bertz CT molecular complexity index is 351. The minimum Gasteiger partial charge on any atom is -0.480 e. The Morgan fingerprint density at radius 3 is 2.13 bits per heavy atom. The number of rotatable bonds is 4. The molecule has 0 radical (unpaired) electrons. The van der Waals surface area contributed by atoms with Gasteiger partial charge in [-0.3, -0.25) is 4.79 Å². The highest BCUT2D eigenvalue weighted by Gasteiger charge is 2.41. The number of carboxylic acid groups (broad SMARTS) is 1. The predicted molar refractivity (Wildman–Crippen MR) is 56.0 cm³/mol. The normalized spacial score (nSPS) is 19.9. The van der Waals surface area contributed by atoms with Crippen molar-refractivity contribution in [2.45, 2.75) is 44.9 Å². The van der Waals surface area contributed by atoms with Crippen LogP contribution in [0.1, 0.15) is 33.6 Å². The van der Waals surface area contributed by atoms with Gasteiger partial charge in [-0.2, -0.15) is 0 Å². The summed E-state index contributed by atoms with van der Waals surface area (Å²) in [5.41, 5.74) is -0.631. The van der Waals surface area contributed by atoms with Crippen molar-refractivity contribution in [3.63, 3.8) is 0 Å². The minimum atomic E-state index is -3.45. The van der Waals surface area contributed by atoms with Crippen LogP contribution in [0.4, 0.5) is 0 Å². The van der Waals surface area contributed by atoms with Gasteiger partial charge in [-0.25, -0.2) is 13.1 Å². The van der Waals surface area contributed by atoms with Crippen LogP contribution >= 0.6 is 0 Å². The van der Waals surface area contributed by atoms with Crippen molar-refractivity contribution in [3.05, 3.63) is 0 Å². The van der Waals surface area contributed by atoms with E-state index in [-0.39, 0.29) is 5.25 Å². The third-order valence-corrected chi connectivity index (χ3v) is 4.27. The molecule has 1 saturated carbocycles. The molecule has 2 N–H and O–H groups in total. The highest BCUT2D eigenvalue weighted by atomic mass is 32.2. The number of sulfonamides is 1. The molecular formula is C9H17NO4S. The van der Waals surface area contributed by atoms with Gasteiger partial charge in [0.25, 0.3) is 0 Å². The summed E-state index contributed by atoms with van der Waals surface area (Å²) in [5, 5.41) is 8.56. The first-order valence-electron chi connectivity index (χ1n) is 4.88. The molecule has 0 amide bonds. The maximum Gasteiger partial charge on any atom is 0.322 e. The molecule has 1 aliphatic rings. The van der Waals surface area contributed by atoms with Crippen LogP contribution in [0.15, 0.2) is 0 Å². The van der Waals surface area contributed by atoms with Gasteiger partial charge in [-0.1, -0.05) is 20.8 Å². The summed E-state index contributed by atoms with van der Waals surface area (Å²) in [6.45, 7) is 5.09. The smallest absolute Gasteiger partial charge is 0.322 e. The molecule has 15 heavy (non-hydrogen) atoms. The summed E-state index contributed by atoms with van der Waals surface area (Å²) >= 11 is 0. The van der Waals surface area contributed by atoms with E-state index in [2.05, 4.69) is 4.72 Å². The molecule has 1 fully saturated rings. The zero-order valence-corrected chi connectivity index (χ0v) is 9.97. The van der Waals surface area contributed by atoms with E-state index >= 15 is 0 Å². The van der Waals surface area contributed by atoms with Crippen LogP contribution in [0, 0.1) is 5.41 Å². The Labute approximate surface area is 89.9 Å². The van der Waals surface area contributed by atoms with Gasteiger partial charge in [-0.05, 0) is 18.3 Å². The van der Waals surface area contributed by atoms with Gasteiger partial charge >= 0.3 is 5.97 Å². The molecule has 0 unspecified atom stereocenters. The zero-order chi connectivity index (χ0) is 11.9. The molecule has 0 aromatic rings. The van der Waals surface area contributed by atoms with Gasteiger partial charge < -0.3 is 5.11 Å². The third-order valence-electron chi connectivity index (χ3n) is 2.36. The lowest BCUT2D eigenvalue weighted by atomic mass is 9.88. The van der Waals surface area contributed by atoms with Gasteiger partial charge in [-0.15, -0.1) is 0 Å². The molecule has 1 atom stereocenters. The fourth-order valence-corrected chi connectivity index (χ4v) is 2.97. The van der Waals surface area contributed by atoms with Crippen LogP contribution in [0.3, 0.4) is 0 Å². The molecule has 0 spiro atoms. The predicted octanol–water partition coefficient (Wildman–Crippen LogP) is 0.567. The number of aliphatic carboxylic acids is 1. The SMILES string of the molecule is CC(C)(C)[C@@H](NS(=O)(=O)C1CC1)C(=O)O. The molecule has 5 nitrogen and oxygen atoms in total. The average molecular weight is 235 g/mol. The second-order valence-electron chi connectivity index (χ2n) is 5.00. The number of carbonyl (C=O) groups is 1. The Morgan fingerprint density at radius 2 is 1.87 bits per heavy atom. The van der Waals surface area contributed by atoms with E-state index in [9.17, 15) is 13.2 Å². The van der Waals surface area contributed by atoms with Crippen LogP contribution in [-0.4, -0.2) is 30.8 Å². The van der Waals surface area contributed by atoms with E-state index < -0.39 is 27.4 Å². The molecule has 0 saturated heterocycles. The van der Waals surface area contributed by atoms with E-state index in [4.69, 9.17) is 5.11 Å². The number of nitrogens with one attached hydrogen (secondary N) is 1. The van der Waals surface area contributed by atoms with Crippen molar-refractivity contribution < 1.29 is 18.3 Å². The molecule has 0 aliphatic heterocycles. The molecule has 0 aromatic heterocycles.